The van der Waals surface area contributed by atoms with Gasteiger partial charge in [-0.1, -0.05) is 6.07 Å². The SMILES string of the molecule is COc1cccc(Br)c1OCC1CO1. The molecule has 0 amide bonds. The Morgan fingerprint density at radius 2 is 2.36 bits per heavy atom. The van der Waals surface area contributed by atoms with E-state index in [-0.39, 0.29) is 6.10 Å². The molecular weight excluding hydrogens is 248 g/mol. The Balaban J connectivity index is 2.11. The number of rotatable bonds is 4. The van der Waals surface area contributed by atoms with E-state index in [4.69, 9.17) is 14.2 Å². The van der Waals surface area contributed by atoms with Gasteiger partial charge in [0.1, 0.15) is 12.7 Å². The summed E-state index contributed by atoms with van der Waals surface area (Å²) in [5.74, 6) is 1.48. The van der Waals surface area contributed by atoms with Crippen LogP contribution in [0.25, 0.3) is 0 Å². The van der Waals surface area contributed by atoms with Crippen molar-refractivity contribution in [2.45, 2.75) is 6.10 Å². The molecule has 2 rings (SSSR count). The van der Waals surface area contributed by atoms with Crippen LogP contribution in [0.1, 0.15) is 0 Å². The van der Waals surface area contributed by atoms with Crippen LogP contribution in [0.2, 0.25) is 0 Å². The van der Waals surface area contributed by atoms with E-state index in [9.17, 15) is 0 Å². The lowest BCUT2D eigenvalue weighted by molar-refractivity contribution is 0.250. The standard InChI is InChI=1S/C10H11BrO3/c1-12-9-4-2-3-8(11)10(9)14-6-7-5-13-7/h2-4,7H,5-6H2,1H3. The molecule has 1 saturated heterocycles. The predicted octanol–water partition coefficient (Wildman–Crippen LogP) is 2.24. The molecule has 3 nitrogen and oxygen atoms in total. The summed E-state index contributed by atoms with van der Waals surface area (Å²) in [4.78, 5) is 0. The second-order valence-electron chi connectivity index (χ2n) is 3.04. The highest BCUT2D eigenvalue weighted by Crippen LogP contribution is 2.35. The van der Waals surface area contributed by atoms with E-state index >= 15 is 0 Å². The third-order valence-electron chi connectivity index (χ3n) is 1.97. The number of hydrogen-bond donors (Lipinski definition) is 0. The van der Waals surface area contributed by atoms with Crippen LogP contribution in [0.15, 0.2) is 22.7 Å². The van der Waals surface area contributed by atoms with Crippen molar-refractivity contribution in [1.29, 1.82) is 0 Å². The van der Waals surface area contributed by atoms with Crippen LogP contribution in [0.3, 0.4) is 0 Å². The largest absolute Gasteiger partial charge is 0.493 e. The number of halogens is 1. The molecule has 1 aromatic rings. The minimum absolute atomic E-state index is 0.256. The number of methoxy groups -OCH3 is 1. The molecule has 0 radical (unpaired) electrons. The summed E-state index contributed by atoms with van der Waals surface area (Å²) in [5, 5.41) is 0. The van der Waals surface area contributed by atoms with Gasteiger partial charge in [0.05, 0.1) is 18.2 Å². The van der Waals surface area contributed by atoms with E-state index < -0.39 is 0 Å². The van der Waals surface area contributed by atoms with E-state index in [1.54, 1.807) is 7.11 Å². The molecule has 1 aromatic carbocycles. The molecule has 0 aliphatic carbocycles. The van der Waals surface area contributed by atoms with Crippen LogP contribution in [0, 0.1) is 0 Å². The van der Waals surface area contributed by atoms with Gasteiger partial charge >= 0.3 is 0 Å². The molecule has 0 N–H and O–H groups in total. The molecule has 1 unspecified atom stereocenters. The molecule has 0 saturated carbocycles. The molecule has 76 valence electrons. The van der Waals surface area contributed by atoms with Gasteiger partial charge in [0, 0.05) is 0 Å². The number of epoxide rings is 1. The Morgan fingerprint density at radius 1 is 1.57 bits per heavy atom. The third-order valence-corrected chi connectivity index (χ3v) is 2.59. The maximum absolute atomic E-state index is 5.59. The summed E-state index contributed by atoms with van der Waals surface area (Å²) in [6.45, 7) is 1.38. The van der Waals surface area contributed by atoms with E-state index in [2.05, 4.69) is 15.9 Å². The summed E-state index contributed by atoms with van der Waals surface area (Å²) in [6, 6.07) is 5.70. The van der Waals surface area contributed by atoms with E-state index in [0.29, 0.717) is 6.61 Å². The molecule has 1 aliphatic heterocycles. The zero-order valence-electron chi connectivity index (χ0n) is 7.83. The molecular formula is C10H11BrO3. The Bertz CT molecular complexity index is 323. The minimum atomic E-state index is 0.256. The topological polar surface area (TPSA) is 31.0 Å². The molecule has 1 fully saturated rings. The second-order valence-corrected chi connectivity index (χ2v) is 3.89. The van der Waals surface area contributed by atoms with Gasteiger partial charge in [0.2, 0.25) is 0 Å². The first-order valence-electron chi connectivity index (χ1n) is 4.38. The van der Waals surface area contributed by atoms with Crippen LogP contribution in [-0.4, -0.2) is 26.4 Å². The van der Waals surface area contributed by atoms with Crippen molar-refractivity contribution < 1.29 is 14.2 Å². The van der Waals surface area contributed by atoms with Gasteiger partial charge in [-0.3, -0.25) is 0 Å². The third kappa shape index (κ3) is 2.19. The summed E-state index contributed by atoms with van der Waals surface area (Å²) in [6.07, 6.45) is 0.256. The normalized spacial score (nSPS) is 19.1. The van der Waals surface area contributed by atoms with Crippen LogP contribution >= 0.6 is 15.9 Å². The highest BCUT2D eigenvalue weighted by molar-refractivity contribution is 9.10. The van der Waals surface area contributed by atoms with Crippen molar-refractivity contribution in [1.82, 2.24) is 0 Å². The number of benzene rings is 1. The van der Waals surface area contributed by atoms with Crippen molar-refractivity contribution in [3.8, 4) is 11.5 Å². The average Bonchev–Trinajstić information content (AvgIpc) is 2.99. The highest BCUT2D eigenvalue weighted by Gasteiger charge is 2.24. The number of hydrogen-bond acceptors (Lipinski definition) is 3. The van der Waals surface area contributed by atoms with E-state index in [1.165, 1.54) is 0 Å². The first kappa shape index (κ1) is 9.80. The lowest BCUT2D eigenvalue weighted by atomic mass is 10.3. The van der Waals surface area contributed by atoms with Gasteiger partial charge in [-0.05, 0) is 28.1 Å². The fourth-order valence-electron chi connectivity index (χ4n) is 1.13. The smallest absolute Gasteiger partial charge is 0.175 e. The van der Waals surface area contributed by atoms with Crippen molar-refractivity contribution in [3.63, 3.8) is 0 Å². The second kappa shape index (κ2) is 4.19. The van der Waals surface area contributed by atoms with Gasteiger partial charge < -0.3 is 14.2 Å². The summed E-state index contributed by atoms with van der Waals surface area (Å²) < 4.78 is 16.7. The van der Waals surface area contributed by atoms with E-state index in [1.807, 2.05) is 18.2 Å². The van der Waals surface area contributed by atoms with Crippen LogP contribution in [-0.2, 0) is 4.74 Å². The van der Waals surface area contributed by atoms with Gasteiger partial charge in [-0.25, -0.2) is 0 Å². The molecule has 4 heteroatoms. The van der Waals surface area contributed by atoms with Crippen molar-refractivity contribution >= 4 is 15.9 Å². The first-order valence-corrected chi connectivity index (χ1v) is 5.17. The number of ether oxygens (including phenoxy) is 3. The Hall–Kier alpha value is -0.740. The Labute approximate surface area is 91.1 Å². The maximum Gasteiger partial charge on any atom is 0.175 e. The Kier molecular flexibility index (Phi) is 2.93. The van der Waals surface area contributed by atoms with Crippen LogP contribution < -0.4 is 9.47 Å². The lowest BCUT2D eigenvalue weighted by Gasteiger charge is -2.10. The predicted molar refractivity (Wildman–Crippen MR) is 55.9 cm³/mol. The minimum Gasteiger partial charge on any atom is -0.493 e. The van der Waals surface area contributed by atoms with Crippen molar-refractivity contribution in [3.05, 3.63) is 22.7 Å². The van der Waals surface area contributed by atoms with Gasteiger partial charge in [-0.2, -0.15) is 0 Å². The molecule has 1 heterocycles. The summed E-state index contributed by atoms with van der Waals surface area (Å²) >= 11 is 3.41. The quantitative estimate of drug-likeness (QED) is 0.777. The molecule has 0 bridgehead atoms. The number of para-hydroxylation sites is 1. The van der Waals surface area contributed by atoms with Crippen molar-refractivity contribution in [2.75, 3.05) is 20.3 Å². The summed E-state index contributed by atoms with van der Waals surface area (Å²) in [7, 11) is 1.63. The van der Waals surface area contributed by atoms with Crippen molar-refractivity contribution in [2.24, 2.45) is 0 Å². The fraction of sp³-hybridized carbons (Fsp3) is 0.400. The highest BCUT2D eigenvalue weighted by atomic mass is 79.9. The molecule has 1 aliphatic rings. The summed E-state index contributed by atoms with van der Waals surface area (Å²) in [5.41, 5.74) is 0. The van der Waals surface area contributed by atoms with E-state index in [0.717, 1.165) is 22.6 Å². The molecule has 0 spiro atoms. The zero-order chi connectivity index (χ0) is 9.97. The molecule has 0 aromatic heterocycles. The monoisotopic (exact) mass is 258 g/mol. The lowest BCUT2D eigenvalue weighted by Crippen LogP contribution is -2.05. The fourth-order valence-corrected chi connectivity index (χ4v) is 1.59. The zero-order valence-corrected chi connectivity index (χ0v) is 9.41. The average molecular weight is 259 g/mol. The van der Waals surface area contributed by atoms with Gasteiger partial charge in [0.25, 0.3) is 0 Å². The van der Waals surface area contributed by atoms with Crippen LogP contribution in [0.5, 0.6) is 11.5 Å². The maximum atomic E-state index is 5.59. The first-order chi connectivity index (χ1) is 6.81. The van der Waals surface area contributed by atoms with Gasteiger partial charge in [0.15, 0.2) is 11.5 Å². The Morgan fingerprint density at radius 3 is 3.00 bits per heavy atom. The molecule has 14 heavy (non-hydrogen) atoms. The molecule has 1 atom stereocenters. The van der Waals surface area contributed by atoms with Crippen LogP contribution in [0.4, 0.5) is 0 Å². The van der Waals surface area contributed by atoms with Gasteiger partial charge in [-0.15, -0.1) is 0 Å².